The second-order valence-corrected chi connectivity index (χ2v) is 5.73. The first-order valence-corrected chi connectivity index (χ1v) is 7.32. The Bertz CT molecular complexity index is 679. The highest BCUT2D eigenvalue weighted by Crippen LogP contribution is 2.27. The average molecular weight is 286 g/mol. The number of H-pyrrole nitrogens is 1. The van der Waals surface area contributed by atoms with E-state index < -0.39 is 0 Å². The van der Waals surface area contributed by atoms with Crippen molar-refractivity contribution in [3.8, 4) is 0 Å². The van der Waals surface area contributed by atoms with Crippen LogP contribution in [0.3, 0.4) is 0 Å². The highest BCUT2D eigenvalue weighted by atomic mass is 16.6. The van der Waals surface area contributed by atoms with Crippen molar-refractivity contribution in [2.45, 2.75) is 19.1 Å². The van der Waals surface area contributed by atoms with E-state index in [0.717, 1.165) is 42.8 Å². The number of nitrogens with zero attached hydrogens (tertiary/aromatic N) is 3. The van der Waals surface area contributed by atoms with Crippen LogP contribution in [-0.2, 0) is 4.74 Å². The Labute approximate surface area is 122 Å². The SMILES string of the molecule is CC(c1ccc2nc[nH]c2c1)N1CCN(CC2CO2)C1=O. The Hall–Kier alpha value is -2.08. The molecule has 2 unspecified atom stereocenters. The molecule has 1 aromatic carbocycles. The zero-order valence-electron chi connectivity index (χ0n) is 12.0. The molecule has 0 aliphatic carbocycles. The van der Waals surface area contributed by atoms with Gasteiger partial charge in [0.15, 0.2) is 0 Å². The van der Waals surface area contributed by atoms with Crippen LogP contribution in [0.25, 0.3) is 11.0 Å². The van der Waals surface area contributed by atoms with E-state index in [1.54, 1.807) is 6.33 Å². The van der Waals surface area contributed by atoms with Crippen molar-refractivity contribution < 1.29 is 9.53 Å². The van der Waals surface area contributed by atoms with Crippen LogP contribution in [0.1, 0.15) is 18.5 Å². The monoisotopic (exact) mass is 286 g/mol. The molecule has 110 valence electrons. The number of urea groups is 1. The number of amides is 2. The predicted molar refractivity (Wildman–Crippen MR) is 77.9 cm³/mol. The summed E-state index contributed by atoms with van der Waals surface area (Å²) in [5, 5.41) is 0. The van der Waals surface area contributed by atoms with Crippen LogP contribution in [0.4, 0.5) is 4.79 Å². The summed E-state index contributed by atoms with van der Waals surface area (Å²) in [4.78, 5) is 23.6. The molecule has 3 heterocycles. The van der Waals surface area contributed by atoms with Crippen LogP contribution in [-0.4, -0.2) is 58.1 Å². The minimum absolute atomic E-state index is 0.0651. The average Bonchev–Trinajstić information content (AvgIpc) is 3.06. The molecule has 6 heteroatoms. The molecule has 2 atom stereocenters. The molecule has 2 saturated heterocycles. The molecule has 2 aliphatic rings. The first kappa shape index (κ1) is 12.6. The Balaban J connectivity index is 1.53. The van der Waals surface area contributed by atoms with E-state index in [4.69, 9.17) is 4.74 Å². The Morgan fingerprint density at radius 3 is 3.14 bits per heavy atom. The molecule has 0 spiro atoms. The fraction of sp³-hybridized carbons (Fsp3) is 0.467. The summed E-state index contributed by atoms with van der Waals surface area (Å²) in [5.41, 5.74) is 3.09. The van der Waals surface area contributed by atoms with Gasteiger partial charge in [-0.15, -0.1) is 0 Å². The van der Waals surface area contributed by atoms with E-state index in [2.05, 4.69) is 23.0 Å². The van der Waals surface area contributed by atoms with Gasteiger partial charge in [-0.1, -0.05) is 6.07 Å². The van der Waals surface area contributed by atoms with E-state index in [1.807, 2.05) is 21.9 Å². The molecule has 1 N–H and O–H groups in total. The molecule has 4 rings (SSSR count). The fourth-order valence-corrected chi connectivity index (χ4v) is 2.94. The van der Waals surface area contributed by atoms with Crippen LogP contribution in [0, 0.1) is 0 Å². The summed E-state index contributed by atoms with van der Waals surface area (Å²) in [7, 11) is 0. The van der Waals surface area contributed by atoms with E-state index in [9.17, 15) is 4.79 Å². The van der Waals surface area contributed by atoms with Crippen LogP contribution in [0.2, 0.25) is 0 Å². The number of ether oxygens (including phenoxy) is 1. The molecule has 2 aliphatic heterocycles. The van der Waals surface area contributed by atoms with Crippen molar-refractivity contribution in [1.82, 2.24) is 19.8 Å². The number of rotatable bonds is 4. The summed E-state index contributed by atoms with van der Waals surface area (Å²) < 4.78 is 5.21. The number of epoxide rings is 1. The number of hydrogen-bond donors (Lipinski definition) is 1. The lowest BCUT2D eigenvalue weighted by atomic mass is 10.1. The van der Waals surface area contributed by atoms with Gasteiger partial charge < -0.3 is 19.5 Å². The van der Waals surface area contributed by atoms with Gasteiger partial charge in [-0.2, -0.15) is 0 Å². The van der Waals surface area contributed by atoms with Crippen molar-refractivity contribution in [3.63, 3.8) is 0 Å². The molecule has 6 nitrogen and oxygen atoms in total. The van der Waals surface area contributed by atoms with Crippen LogP contribution in [0.15, 0.2) is 24.5 Å². The third-order valence-corrected chi connectivity index (χ3v) is 4.35. The smallest absolute Gasteiger partial charge is 0.320 e. The van der Waals surface area contributed by atoms with Gasteiger partial charge in [0, 0.05) is 13.1 Å². The maximum Gasteiger partial charge on any atom is 0.320 e. The van der Waals surface area contributed by atoms with Crippen LogP contribution in [0.5, 0.6) is 0 Å². The lowest BCUT2D eigenvalue weighted by Crippen LogP contribution is -2.35. The quantitative estimate of drug-likeness (QED) is 0.871. The molecule has 0 saturated carbocycles. The van der Waals surface area contributed by atoms with Gasteiger partial charge in [0.25, 0.3) is 0 Å². The van der Waals surface area contributed by atoms with Crippen molar-refractivity contribution >= 4 is 17.1 Å². The zero-order chi connectivity index (χ0) is 14.4. The first-order valence-electron chi connectivity index (χ1n) is 7.32. The second kappa shape index (κ2) is 4.73. The summed E-state index contributed by atoms with van der Waals surface area (Å²) in [5.74, 6) is 0. The number of hydrogen-bond acceptors (Lipinski definition) is 3. The number of aromatic nitrogens is 2. The largest absolute Gasteiger partial charge is 0.371 e. The third-order valence-electron chi connectivity index (χ3n) is 4.35. The number of carbonyl (C=O) groups excluding carboxylic acids is 1. The van der Waals surface area contributed by atoms with Crippen molar-refractivity contribution in [2.24, 2.45) is 0 Å². The van der Waals surface area contributed by atoms with Crippen LogP contribution < -0.4 is 0 Å². The second-order valence-electron chi connectivity index (χ2n) is 5.73. The first-order chi connectivity index (χ1) is 10.2. The molecular formula is C15H18N4O2. The minimum Gasteiger partial charge on any atom is -0.371 e. The van der Waals surface area contributed by atoms with Gasteiger partial charge in [-0.3, -0.25) is 0 Å². The fourth-order valence-electron chi connectivity index (χ4n) is 2.94. The van der Waals surface area contributed by atoms with Gasteiger partial charge in [0.2, 0.25) is 0 Å². The molecule has 2 aromatic rings. The van der Waals surface area contributed by atoms with E-state index in [1.165, 1.54) is 0 Å². The van der Waals surface area contributed by atoms with Crippen molar-refractivity contribution in [3.05, 3.63) is 30.1 Å². The molecule has 0 radical (unpaired) electrons. The van der Waals surface area contributed by atoms with Gasteiger partial charge in [-0.05, 0) is 24.6 Å². The molecule has 2 amide bonds. The number of benzene rings is 1. The van der Waals surface area contributed by atoms with Gasteiger partial charge >= 0.3 is 6.03 Å². The molecule has 2 fully saturated rings. The number of aromatic amines is 1. The lowest BCUT2D eigenvalue weighted by Gasteiger charge is -2.25. The summed E-state index contributed by atoms with van der Waals surface area (Å²) >= 11 is 0. The summed E-state index contributed by atoms with van der Waals surface area (Å²) in [6.45, 7) is 5.15. The Morgan fingerprint density at radius 2 is 2.33 bits per heavy atom. The normalized spacial score (nSPS) is 23.1. The van der Waals surface area contributed by atoms with E-state index in [-0.39, 0.29) is 18.2 Å². The standard InChI is InChI=1S/C15H18N4O2/c1-10(11-2-3-13-14(6-11)17-9-16-13)19-5-4-18(15(19)20)7-12-8-21-12/h2-3,6,9-10,12H,4-5,7-8H2,1H3,(H,16,17). The lowest BCUT2D eigenvalue weighted by molar-refractivity contribution is 0.177. The zero-order valence-corrected chi connectivity index (χ0v) is 12.0. The van der Waals surface area contributed by atoms with Crippen LogP contribution >= 0.6 is 0 Å². The number of fused-ring (bicyclic) bond motifs is 1. The van der Waals surface area contributed by atoms with Crippen molar-refractivity contribution in [2.75, 3.05) is 26.2 Å². The van der Waals surface area contributed by atoms with E-state index in [0.29, 0.717) is 0 Å². The summed E-state index contributed by atoms with van der Waals surface area (Å²) in [6.07, 6.45) is 1.95. The highest BCUT2D eigenvalue weighted by molar-refractivity contribution is 5.78. The minimum atomic E-state index is 0.0651. The molecule has 0 bridgehead atoms. The van der Waals surface area contributed by atoms with E-state index >= 15 is 0 Å². The Kier molecular flexibility index (Phi) is 2.85. The maximum absolute atomic E-state index is 12.5. The predicted octanol–water partition coefficient (Wildman–Crippen LogP) is 1.76. The van der Waals surface area contributed by atoms with Gasteiger partial charge in [0.1, 0.15) is 0 Å². The van der Waals surface area contributed by atoms with Gasteiger partial charge in [-0.25, -0.2) is 9.78 Å². The maximum atomic E-state index is 12.5. The number of nitrogens with one attached hydrogen (secondary N) is 1. The molecule has 1 aromatic heterocycles. The number of carbonyl (C=O) groups is 1. The topological polar surface area (TPSA) is 64.8 Å². The molecule has 21 heavy (non-hydrogen) atoms. The number of imidazole rings is 1. The van der Waals surface area contributed by atoms with Gasteiger partial charge in [0.05, 0.1) is 42.7 Å². The summed E-state index contributed by atoms with van der Waals surface area (Å²) in [6, 6.07) is 6.30. The van der Waals surface area contributed by atoms with Crippen molar-refractivity contribution in [1.29, 1.82) is 0 Å². The highest BCUT2D eigenvalue weighted by Gasteiger charge is 2.36. The molecular weight excluding hydrogens is 268 g/mol. The Morgan fingerprint density at radius 1 is 1.48 bits per heavy atom. The third kappa shape index (κ3) is 2.25.